The maximum absolute atomic E-state index is 12.8. The molecule has 4 rings (SSSR count). The average Bonchev–Trinajstić information content (AvgIpc) is 2.68. The van der Waals surface area contributed by atoms with Gasteiger partial charge in [0.15, 0.2) is 0 Å². The van der Waals surface area contributed by atoms with Gasteiger partial charge in [0, 0.05) is 29.2 Å². The van der Waals surface area contributed by atoms with E-state index in [1.165, 1.54) is 4.31 Å². The van der Waals surface area contributed by atoms with Crippen LogP contribution in [0, 0.1) is 0 Å². The minimum atomic E-state index is -3.52. The smallest absolute Gasteiger partial charge is 0.243 e. The van der Waals surface area contributed by atoms with Crippen LogP contribution in [0.3, 0.4) is 0 Å². The summed E-state index contributed by atoms with van der Waals surface area (Å²) in [6, 6.07) is 16.0. The molecule has 2 heterocycles. The number of halogens is 1. The molecule has 1 fully saturated rings. The number of hydrogen-bond acceptors (Lipinski definition) is 5. The Morgan fingerprint density at radius 3 is 2.63 bits per heavy atom. The summed E-state index contributed by atoms with van der Waals surface area (Å²) in [7, 11) is -3.52. The van der Waals surface area contributed by atoms with Gasteiger partial charge in [0.25, 0.3) is 0 Å². The van der Waals surface area contributed by atoms with Crippen molar-refractivity contribution in [2.24, 2.45) is 0 Å². The fourth-order valence-electron chi connectivity index (χ4n) is 2.98. The van der Waals surface area contributed by atoms with Crippen LogP contribution in [-0.4, -0.2) is 44.0 Å². The van der Waals surface area contributed by atoms with Crippen LogP contribution in [0.15, 0.2) is 59.5 Å². The summed E-state index contributed by atoms with van der Waals surface area (Å²) in [6.07, 6.45) is 0. The van der Waals surface area contributed by atoms with E-state index < -0.39 is 10.0 Å². The van der Waals surface area contributed by atoms with E-state index in [0.717, 1.165) is 11.1 Å². The van der Waals surface area contributed by atoms with Crippen LogP contribution in [-0.2, 0) is 14.8 Å². The van der Waals surface area contributed by atoms with Gasteiger partial charge < -0.3 is 10.1 Å². The van der Waals surface area contributed by atoms with E-state index in [2.05, 4.69) is 10.3 Å². The molecule has 0 radical (unpaired) electrons. The average molecular weight is 404 g/mol. The molecule has 0 spiro atoms. The number of sulfonamides is 1. The van der Waals surface area contributed by atoms with E-state index in [-0.39, 0.29) is 4.90 Å². The Bertz CT molecular complexity index is 1080. The Labute approximate surface area is 162 Å². The van der Waals surface area contributed by atoms with Crippen molar-refractivity contribution in [2.75, 3.05) is 31.6 Å². The molecular weight excluding hydrogens is 386 g/mol. The normalized spacial score (nSPS) is 15.7. The quantitative estimate of drug-likeness (QED) is 0.719. The van der Waals surface area contributed by atoms with E-state index in [0.29, 0.717) is 42.7 Å². The van der Waals surface area contributed by atoms with Gasteiger partial charge in [0.2, 0.25) is 10.0 Å². The van der Waals surface area contributed by atoms with Crippen LogP contribution in [0.4, 0.5) is 11.5 Å². The number of nitrogens with zero attached hydrogens (tertiary/aromatic N) is 2. The summed E-state index contributed by atoms with van der Waals surface area (Å²) in [6.45, 7) is 1.60. The maximum atomic E-state index is 12.8. The monoisotopic (exact) mass is 403 g/mol. The van der Waals surface area contributed by atoms with Crippen molar-refractivity contribution in [3.63, 3.8) is 0 Å². The van der Waals surface area contributed by atoms with Crippen molar-refractivity contribution in [3.05, 3.63) is 59.6 Å². The molecule has 2 aromatic carbocycles. The Hall–Kier alpha value is -2.19. The van der Waals surface area contributed by atoms with Crippen LogP contribution in [0.5, 0.6) is 0 Å². The second-order valence-electron chi connectivity index (χ2n) is 6.20. The first-order chi connectivity index (χ1) is 13.0. The lowest BCUT2D eigenvalue weighted by Crippen LogP contribution is -2.40. The molecular formula is C19H18ClN3O3S. The highest BCUT2D eigenvalue weighted by atomic mass is 35.5. The Morgan fingerprint density at radius 1 is 1.04 bits per heavy atom. The van der Waals surface area contributed by atoms with Gasteiger partial charge >= 0.3 is 0 Å². The molecule has 1 aromatic heterocycles. The fourth-order valence-corrected chi connectivity index (χ4v) is 4.62. The summed E-state index contributed by atoms with van der Waals surface area (Å²) >= 11 is 6.00. The number of aromatic nitrogens is 1. The lowest BCUT2D eigenvalue weighted by atomic mass is 10.2. The second kappa shape index (κ2) is 7.44. The molecule has 0 atom stereocenters. The van der Waals surface area contributed by atoms with E-state index in [1.54, 1.807) is 24.3 Å². The van der Waals surface area contributed by atoms with E-state index in [4.69, 9.17) is 16.3 Å². The van der Waals surface area contributed by atoms with Gasteiger partial charge in [-0.05, 0) is 48.5 Å². The minimum Gasteiger partial charge on any atom is -0.379 e. The molecule has 0 amide bonds. The Kier molecular flexibility index (Phi) is 5.01. The molecule has 0 unspecified atom stereocenters. The van der Waals surface area contributed by atoms with Crippen molar-refractivity contribution in [1.29, 1.82) is 0 Å². The molecule has 27 heavy (non-hydrogen) atoms. The van der Waals surface area contributed by atoms with Gasteiger partial charge in [0.1, 0.15) is 5.82 Å². The molecule has 8 heteroatoms. The molecule has 0 bridgehead atoms. The summed E-state index contributed by atoms with van der Waals surface area (Å²) in [5.74, 6) is 0.661. The Morgan fingerprint density at radius 2 is 1.85 bits per heavy atom. The number of morpholine rings is 1. The largest absolute Gasteiger partial charge is 0.379 e. The van der Waals surface area contributed by atoms with Crippen molar-refractivity contribution in [2.45, 2.75) is 4.90 Å². The van der Waals surface area contributed by atoms with E-state index in [9.17, 15) is 8.42 Å². The van der Waals surface area contributed by atoms with Gasteiger partial charge in [-0.15, -0.1) is 0 Å². The number of nitrogens with one attached hydrogen (secondary N) is 1. The molecule has 1 saturated heterocycles. The van der Waals surface area contributed by atoms with Crippen molar-refractivity contribution in [3.8, 4) is 0 Å². The lowest BCUT2D eigenvalue weighted by molar-refractivity contribution is 0.0730. The number of pyridine rings is 1. The zero-order valence-electron chi connectivity index (χ0n) is 14.4. The van der Waals surface area contributed by atoms with Crippen LogP contribution in [0.25, 0.3) is 10.9 Å². The zero-order chi connectivity index (χ0) is 18.9. The van der Waals surface area contributed by atoms with Gasteiger partial charge in [-0.1, -0.05) is 17.7 Å². The number of hydrogen-bond donors (Lipinski definition) is 1. The van der Waals surface area contributed by atoms with Gasteiger partial charge in [0.05, 0.1) is 23.6 Å². The predicted molar refractivity (Wildman–Crippen MR) is 106 cm³/mol. The first-order valence-corrected chi connectivity index (χ1v) is 10.4. The molecule has 1 aliphatic rings. The summed E-state index contributed by atoms with van der Waals surface area (Å²) in [5.41, 5.74) is 1.55. The molecule has 140 valence electrons. The number of anilines is 2. The van der Waals surface area contributed by atoms with Crippen LogP contribution in [0.1, 0.15) is 0 Å². The number of rotatable bonds is 4. The number of ether oxygens (including phenoxy) is 1. The maximum Gasteiger partial charge on any atom is 0.243 e. The van der Waals surface area contributed by atoms with Crippen molar-refractivity contribution >= 4 is 44.0 Å². The fraction of sp³-hybridized carbons (Fsp3) is 0.211. The first kappa shape index (κ1) is 18.2. The van der Waals surface area contributed by atoms with Gasteiger partial charge in [-0.25, -0.2) is 13.4 Å². The summed E-state index contributed by atoms with van der Waals surface area (Å²) in [5, 5.41) is 4.60. The van der Waals surface area contributed by atoms with E-state index >= 15 is 0 Å². The molecule has 0 aliphatic carbocycles. The third kappa shape index (κ3) is 3.91. The zero-order valence-corrected chi connectivity index (χ0v) is 16.0. The highest BCUT2D eigenvalue weighted by Gasteiger charge is 2.26. The lowest BCUT2D eigenvalue weighted by Gasteiger charge is -2.26. The first-order valence-electron chi connectivity index (χ1n) is 8.54. The molecule has 6 nitrogen and oxygen atoms in total. The second-order valence-corrected chi connectivity index (χ2v) is 8.58. The third-order valence-corrected chi connectivity index (χ3v) is 6.50. The number of benzene rings is 2. The number of fused-ring (bicyclic) bond motifs is 1. The summed E-state index contributed by atoms with van der Waals surface area (Å²) < 4.78 is 32.3. The Balaban J connectivity index is 1.62. The molecule has 0 saturated carbocycles. The van der Waals surface area contributed by atoms with Crippen LogP contribution < -0.4 is 5.32 Å². The minimum absolute atomic E-state index is 0.272. The van der Waals surface area contributed by atoms with Crippen molar-refractivity contribution < 1.29 is 13.2 Å². The van der Waals surface area contributed by atoms with Crippen LogP contribution in [0.2, 0.25) is 5.02 Å². The van der Waals surface area contributed by atoms with Crippen LogP contribution >= 0.6 is 11.6 Å². The molecule has 3 aromatic rings. The third-order valence-electron chi connectivity index (χ3n) is 4.37. The highest BCUT2D eigenvalue weighted by Crippen LogP contribution is 2.25. The van der Waals surface area contributed by atoms with Gasteiger partial charge in [-0.3, -0.25) is 0 Å². The van der Waals surface area contributed by atoms with Gasteiger partial charge in [-0.2, -0.15) is 4.31 Å². The predicted octanol–water partition coefficient (Wildman–Crippen LogP) is 3.65. The molecule has 1 N–H and O–H groups in total. The highest BCUT2D eigenvalue weighted by molar-refractivity contribution is 7.89. The molecule has 1 aliphatic heterocycles. The summed E-state index contributed by atoms with van der Waals surface area (Å²) in [4.78, 5) is 4.83. The van der Waals surface area contributed by atoms with E-state index in [1.807, 2.05) is 30.3 Å². The SMILES string of the molecule is O=S(=O)(c1ccc2nc(Nc3cccc(Cl)c3)ccc2c1)N1CCOCC1. The van der Waals surface area contributed by atoms with Crippen molar-refractivity contribution in [1.82, 2.24) is 9.29 Å². The topological polar surface area (TPSA) is 71.5 Å². The standard InChI is InChI=1S/C19H18ClN3O3S/c20-15-2-1-3-16(13-15)21-19-7-4-14-12-17(5-6-18(14)22-19)27(24,25)23-8-10-26-11-9-23/h1-7,12-13H,8-11H2,(H,21,22).